The molecule has 2 rings (SSSR count). The summed E-state index contributed by atoms with van der Waals surface area (Å²) in [4.78, 5) is 12.5. The van der Waals surface area contributed by atoms with Crippen LogP contribution in [0.15, 0.2) is 42.5 Å². The van der Waals surface area contributed by atoms with Crippen LogP contribution in [0.5, 0.6) is 0 Å². The van der Waals surface area contributed by atoms with Crippen LogP contribution in [0.25, 0.3) is 0 Å². The van der Waals surface area contributed by atoms with Gasteiger partial charge in [-0.05, 0) is 50.5 Å². The van der Waals surface area contributed by atoms with Gasteiger partial charge in [-0.25, -0.2) is 8.42 Å². The third-order valence-electron chi connectivity index (χ3n) is 4.31. The smallest absolute Gasteiger partial charge is 0.243 e. The molecule has 0 heterocycles. The molecule has 5 nitrogen and oxygen atoms in total. The SMILES string of the molecule is Cc1ccc(CCCNC(=O)C(C)N(c2ccc(Cl)c(Cl)c2)S(C)(=O)=O)cc1. The highest BCUT2D eigenvalue weighted by Gasteiger charge is 2.29. The van der Waals surface area contributed by atoms with Crippen LogP contribution in [0.3, 0.4) is 0 Å². The van der Waals surface area contributed by atoms with E-state index >= 15 is 0 Å². The Bertz CT molecular complexity index is 931. The van der Waals surface area contributed by atoms with Crippen molar-refractivity contribution in [1.82, 2.24) is 5.32 Å². The van der Waals surface area contributed by atoms with Crippen LogP contribution in [0.4, 0.5) is 5.69 Å². The molecule has 0 saturated heterocycles. The fourth-order valence-corrected chi connectivity index (χ4v) is 4.30. The van der Waals surface area contributed by atoms with Gasteiger partial charge in [0.2, 0.25) is 15.9 Å². The van der Waals surface area contributed by atoms with Gasteiger partial charge in [-0.3, -0.25) is 9.10 Å². The molecule has 0 bridgehead atoms. The highest BCUT2D eigenvalue weighted by molar-refractivity contribution is 7.92. The van der Waals surface area contributed by atoms with Crippen LogP contribution >= 0.6 is 23.2 Å². The standard InChI is InChI=1S/C20H24Cl2N2O3S/c1-14-6-8-16(9-7-14)5-4-12-23-20(25)15(2)24(28(3,26)27)17-10-11-18(21)19(22)13-17/h6-11,13,15H,4-5,12H2,1-3H3,(H,23,25). The lowest BCUT2D eigenvalue weighted by molar-refractivity contribution is -0.121. The van der Waals surface area contributed by atoms with E-state index in [0.29, 0.717) is 17.3 Å². The summed E-state index contributed by atoms with van der Waals surface area (Å²) in [7, 11) is -3.70. The van der Waals surface area contributed by atoms with Gasteiger partial charge in [0.05, 0.1) is 22.0 Å². The van der Waals surface area contributed by atoms with E-state index in [9.17, 15) is 13.2 Å². The average Bonchev–Trinajstić information content (AvgIpc) is 2.62. The summed E-state index contributed by atoms with van der Waals surface area (Å²) < 4.78 is 25.6. The van der Waals surface area contributed by atoms with Gasteiger partial charge in [-0.15, -0.1) is 0 Å². The molecule has 28 heavy (non-hydrogen) atoms. The fraction of sp³-hybridized carbons (Fsp3) is 0.350. The molecule has 1 atom stereocenters. The van der Waals surface area contributed by atoms with Crippen molar-refractivity contribution >= 4 is 44.8 Å². The molecule has 0 aromatic heterocycles. The van der Waals surface area contributed by atoms with Crippen LogP contribution in [-0.4, -0.2) is 33.2 Å². The lowest BCUT2D eigenvalue weighted by Gasteiger charge is -2.28. The zero-order chi connectivity index (χ0) is 20.9. The molecular weight excluding hydrogens is 419 g/mol. The second kappa shape index (κ2) is 9.63. The van der Waals surface area contributed by atoms with Gasteiger partial charge in [0, 0.05) is 6.54 Å². The monoisotopic (exact) mass is 442 g/mol. The molecule has 0 aliphatic carbocycles. The van der Waals surface area contributed by atoms with Crippen LogP contribution in [-0.2, 0) is 21.2 Å². The molecule has 0 aliphatic heterocycles. The van der Waals surface area contributed by atoms with Crippen LogP contribution in [0.2, 0.25) is 10.0 Å². The molecule has 0 fully saturated rings. The number of hydrogen-bond acceptors (Lipinski definition) is 3. The second-order valence-corrected chi connectivity index (χ2v) is 9.39. The van der Waals surface area contributed by atoms with Crippen LogP contribution in [0.1, 0.15) is 24.5 Å². The number of anilines is 1. The largest absolute Gasteiger partial charge is 0.354 e. The van der Waals surface area contributed by atoms with Crippen LogP contribution < -0.4 is 9.62 Å². The highest BCUT2D eigenvalue weighted by atomic mass is 35.5. The Morgan fingerprint density at radius 2 is 1.75 bits per heavy atom. The van der Waals surface area contributed by atoms with Gasteiger partial charge in [-0.1, -0.05) is 53.0 Å². The maximum Gasteiger partial charge on any atom is 0.243 e. The number of carbonyl (C=O) groups is 1. The average molecular weight is 443 g/mol. The Morgan fingerprint density at radius 3 is 2.32 bits per heavy atom. The Hall–Kier alpha value is -1.76. The number of nitrogens with one attached hydrogen (secondary N) is 1. The van der Waals surface area contributed by atoms with E-state index in [1.807, 2.05) is 6.92 Å². The molecule has 2 aromatic rings. The van der Waals surface area contributed by atoms with E-state index in [0.717, 1.165) is 23.4 Å². The molecular formula is C20H24Cl2N2O3S. The van der Waals surface area contributed by atoms with Crippen molar-refractivity contribution in [3.8, 4) is 0 Å². The summed E-state index contributed by atoms with van der Waals surface area (Å²) in [5, 5.41) is 3.34. The maximum atomic E-state index is 12.5. The normalized spacial score (nSPS) is 12.5. The molecule has 2 aromatic carbocycles. The zero-order valence-corrected chi connectivity index (χ0v) is 18.4. The van der Waals surface area contributed by atoms with Crippen molar-refractivity contribution in [1.29, 1.82) is 0 Å². The topological polar surface area (TPSA) is 66.5 Å². The highest BCUT2D eigenvalue weighted by Crippen LogP contribution is 2.29. The van der Waals surface area contributed by atoms with E-state index in [-0.39, 0.29) is 10.9 Å². The van der Waals surface area contributed by atoms with Gasteiger partial charge < -0.3 is 5.32 Å². The van der Waals surface area contributed by atoms with Gasteiger partial charge in [-0.2, -0.15) is 0 Å². The number of aryl methyl sites for hydroxylation is 2. The summed E-state index contributed by atoms with van der Waals surface area (Å²) in [6, 6.07) is 11.8. The molecule has 1 N–H and O–H groups in total. The third-order valence-corrected chi connectivity index (χ3v) is 6.29. The molecule has 0 saturated carbocycles. The van der Waals surface area contributed by atoms with Crippen molar-refractivity contribution in [2.75, 3.05) is 17.1 Å². The van der Waals surface area contributed by atoms with Crippen molar-refractivity contribution in [2.45, 2.75) is 32.7 Å². The molecule has 1 amide bonds. The summed E-state index contributed by atoms with van der Waals surface area (Å²) in [6.07, 6.45) is 2.64. The first-order chi connectivity index (χ1) is 13.1. The zero-order valence-electron chi connectivity index (χ0n) is 16.1. The van der Waals surface area contributed by atoms with E-state index in [1.165, 1.54) is 29.3 Å². The molecule has 1 unspecified atom stereocenters. The summed E-state index contributed by atoms with van der Waals surface area (Å²) >= 11 is 11.9. The predicted octanol–water partition coefficient (Wildman–Crippen LogP) is 4.21. The third kappa shape index (κ3) is 6.12. The molecule has 0 spiro atoms. The Labute approximate surface area is 176 Å². The number of amides is 1. The predicted molar refractivity (Wildman–Crippen MR) is 116 cm³/mol. The first-order valence-corrected chi connectivity index (χ1v) is 11.5. The number of nitrogens with zero attached hydrogens (tertiary/aromatic N) is 1. The van der Waals surface area contributed by atoms with E-state index in [1.54, 1.807) is 6.92 Å². The van der Waals surface area contributed by atoms with Crippen LogP contribution in [0, 0.1) is 6.92 Å². The fourth-order valence-electron chi connectivity index (χ4n) is 2.84. The number of rotatable bonds is 8. The first kappa shape index (κ1) is 22.5. The van der Waals surface area contributed by atoms with Crippen molar-refractivity contribution < 1.29 is 13.2 Å². The van der Waals surface area contributed by atoms with Gasteiger partial charge in [0.25, 0.3) is 0 Å². The Balaban J connectivity index is 2.01. The lowest BCUT2D eigenvalue weighted by Crippen LogP contribution is -2.48. The second-order valence-electron chi connectivity index (χ2n) is 6.71. The summed E-state index contributed by atoms with van der Waals surface area (Å²) in [5.74, 6) is -0.375. The van der Waals surface area contributed by atoms with E-state index in [4.69, 9.17) is 23.2 Å². The van der Waals surface area contributed by atoms with Gasteiger partial charge >= 0.3 is 0 Å². The first-order valence-electron chi connectivity index (χ1n) is 8.87. The maximum absolute atomic E-state index is 12.5. The molecule has 8 heteroatoms. The molecule has 0 radical (unpaired) electrons. The summed E-state index contributed by atoms with van der Waals surface area (Å²) in [5.41, 5.74) is 2.69. The molecule has 152 valence electrons. The van der Waals surface area contributed by atoms with Crippen molar-refractivity contribution in [2.24, 2.45) is 0 Å². The minimum Gasteiger partial charge on any atom is -0.354 e. The summed E-state index contributed by atoms with van der Waals surface area (Å²) in [6.45, 7) is 4.03. The minimum absolute atomic E-state index is 0.221. The number of carbonyl (C=O) groups excluding carboxylic acids is 1. The quantitative estimate of drug-likeness (QED) is 0.622. The lowest BCUT2D eigenvalue weighted by atomic mass is 10.1. The number of hydrogen-bond donors (Lipinski definition) is 1. The number of benzene rings is 2. The molecule has 0 aliphatic rings. The van der Waals surface area contributed by atoms with E-state index < -0.39 is 16.1 Å². The van der Waals surface area contributed by atoms with Gasteiger partial charge in [0.15, 0.2) is 0 Å². The Kier molecular flexibility index (Phi) is 7.75. The van der Waals surface area contributed by atoms with Gasteiger partial charge in [0.1, 0.15) is 6.04 Å². The minimum atomic E-state index is -3.70. The Morgan fingerprint density at radius 1 is 1.11 bits per heavy atom. The number of sulfonamides is 1. The van der Waals surface area contributed by atoms with Crippen molar-refractivity contribution in [3.05, 3.63) is 63.6 Å². The van der Waals surface area contributed by atoms with E-state index in [2.05, 4.69) is 29.6 Å². The number of halogens is 2. The van der Waals surface area contributed by atoms with Crippen molar-refractivity contribution in [3.63, 3.8) is 0 Å².